The lowest BCUT2D eigenvalue weighted by molar-refractivity contribution is -0.117. The molecule has 12 heteroatoms. The van der Waals surface area contributed by atoms with Crippen LogP contribution in [0.1, 0.15) is 120 Å². The lowest BCUT2D eigenvalue weighted by Crippen LogP contribution is -2.26. The summed E-state index contributed by atoms with van der Waals surface area (Å²) in [6, 6.07) is 19.4. The van der Waals surface area contributed by atoms with Gasteiger partial charge in [-0.3, -0.25) is 9.59 Å². The summed E-state index contributed by atoms with van der Waals surface area (Å²) in [5.41, 5.74) is 1.35. The zero-order valence-corrected chi connectivity index (χ0v) is 35.0. The highest BCUT2D eigenvalue weighted by molar-refractivity contribution is 7.45. The van der Waals surface area contributed by atoms with Gasteiger partial charge in [0.25, 0.3) is 5.91 Å². The van der Waals surface area contributed by atoms with E-state index in [0.717, 1.165) is 53.1 Å². The number of amides is 2. The summed E-state index contributed by atoms with van der Waals surface area (Å²) in [5, 5.41) is 12.3. The molecular weight excluding hydrogens is 711 g/mol. The first-order chi connectivity index (χ1) is 25.6. The number of halogens is 1. The summed E-state index contributed by atoms with van der Waals surface area (Å²) in [6.07, 6.45) is 8.93. The van der Waals surface area contributed by atoms with E-state index in [-0.39, 0.29) is 23.3 Å². The van der Waals surface area contributed by atoms with Gasteiger partial charge in [-0.25, -0.2) is 4.39 Å². The molecule has 3 N–H and O–H groups in total. The van der Waals surface area contributed by atoms with E-state index in [4.69, 9.17) is 15.0 Å². The topological polar surface area (TPSA) is 134 Å². The predicted molar refractivity (Wildman–Crippen MR) is 220 cm³/mol. The number of nitrogens with one attached hydrogen (secondary N) is 1. The Morgan fingerprint density at radius 3 is 2.26 bits per heavy atom. The Hall–Kier alpha value is -3.26. The number of nitriles is 1. The lowest BCUT2D eigenvalue weighted by atomic mass is 9.90. The maximum Gasteiger partial charge on any atom is 0.261 e. The SMILES string of the molecule is CC.CC.CC.CC(CCCC=O)C[C@H]1CCCN1C.CNC(=O)c1cc2cc(C(F)P(O)O)ccc2s1.N#CC1CN(C=O)CC1c1ccccc1. The van der Waals surface area contributed by atoms with Gasteiger partial charge in [-0.2, -0.15) is 5.26 Å². The number of carbonyl (C=O) groups is 3. The molecule has 53 heavy (non-hydrogen) atoms. The van der Waals surface area contributed by atoms with Gasteiger partial charge in [0.2, 0.25) is 14.8 Å². The average molecular weight is 775 g/mol. The van der Waals surface area contributed by atoms with E-state index in [1.807, 2.05) is 71.9 Å². The molecule has 0 radical (unpaired) electrons. The second kappa shape index (κ2) is 29.1. The maximum atomic E-state index is 13.5. The van der Waals surface area contributed by atoms with Crippen LogP contribution in [0.2, 0.25) is 0 Å². The number of thiophene rings is 1. The molecule has 2 saturated heterocycles. The van der Waals surface area contributed by atoms with Gasteiger partial charge in [0.15, 0.2) is 5.91 Å². The van der Waals surface area contributed by atoms with Crippen LogP contribution in [-0.2, 0) is 9.59 Å². The number of unbranched alkanes of at least 4 members (excludes halogenated alkanes) is 1. The Labute approximate surface area is 323 Å². The Morgan fingerprint density at radius 2 is 1.74 bits per heavy atom. The van der Waals surface area contributed by atoms with Gasteiger partial charge in [0.1, 0.15) is 6.29 Å². The van der Waals surface area contributed by atoms with Crippen LogP contribution in [0.25, 0.3) is 10.1 Å². The van der Waals surface area contributed by atoms with Crippen molar-refractivity contribution in [2.24, 2.45) is 11.8 Å². The van der Waals surface area contributed by atoms with Gasteiger partial charge in [-0.15, -0.1) is 11.3 Å². The van der Waals surface area contributed by atoms with Gasteiger partial charge in [0.05, 0.1) is 16.9 Å². The van der Waals surface area contributed by atoms with Gasteiger partial charge in [0, 0.05) is 43.2 Å². The predicted octanol–water partition coefficient (Wildman–Crippen LogP) is 9.46. The zero-order valence-electron chi connectivity index (χ0n) is 33.3. The van der Waals surface area contributed by atoms with Crippen LogP contribution in [0.4, 0.5) is 4.39 Å². The molecule has 0 saturated carbocycles. The first-order valence-corrected chi connectivity index (χ1v) is 21.1. The van der Waals surface area contributed by atoms with Crippen LogP contribution in [0.5, 0.6) is 0 Å². The lowest BCUT2D eigenvalue weighted by Gasteiger charge is -2.22. The van der Waals surface area contributed by atoms with Gasteiger partial charge < -0.3 is 29.7 Å². The van der Waals surface area contributed by atoms with Crippen molar-refractivity contribution >= 4 is 48.4 Å². The quantitative estimate of drug-likeness (QED) is 0.100. The average Bonchev–Trinajstić information content (AvgIpc) is 3.95. The minimum Gasteiger partial charge on any atom is -0.354 e. The highest BCUT2D eigenvalue weighted by atomic mass is 32.1. The summed E-state index contributed by atoms with van der Waals surface area (Å²) < 4.78 is 14.3. The third-order valence-corrected chi connectivity index (χ3v) is 10.5. The fourth-order valence-electron chi connectivity index (χ4n) is 6.08. The van der Waals surface area contributed by atoms with Crippen LogP contribution in [0.3, 0.4) is 0 Å². The van der Waals surface area contributed by atoms with E-state index < -0.39 is 14.3 Å². The van der Waals surface area contributed by atoms with Crippen molar-refractivity contribution < 1.29 is 28.6 Å². The molecule has 0 bridgehead atoms. The van der Waals surface area contributed by atoms with Gasteiger partial charge in [-0.05, 0) is 79.9 Å². The van der Waals surface area contributed by atoms with E-state index in [2.05, 4.69) is 30.3 Å². The number of hydrogen-bond acceptors (Lipinski definition) is 8. The Bertz CT molecular complexity index is 1470. The number of fused-ring (bicyclic) bond motifs is 1. The molecular formula is C41H64FN4O5PS. The fraction of sp³-hybridized carbons (Fsp3) is 0.561. The second-order valence-electron chi connectivity index (χ2n) is 12.2. The largest absolute Gasteiger partial charge is 0.354 e. The molecule has 2 aromatic carbocycles. The molecule has 5 atom stereocenters. The number of aldehydes is 1. The summed E-state index contributed by atoms with van der Waals surface area (Å²) >= 11 is 1.30. The highest BCUT2D eigenvalue weighted by Crippen LogP contribution is 2.45. The van der Waals surface area contributed by atoms with Crippen LogP contribution >= 0.6 is 19.7 Å². The number of rotatable bonds is 11. The van der Waals surface area contributed by atoms with E-state index in [1.54, 1.807) is 24.1 Å². The molecule has 2 fully saturated rings. The van der Waals surface area contributed by atoms with E-state index in [0.29, 0.717) is 18.0 Å². The van der Waals surface area contributed by atoms with Crippen LogP contribution in [0, 0.1) is 23.2 Å². The third kappa shape index (κ3) is 17.2. The van der Waals surface area contributed by atoms with E-state index in [1.165, 1.54) is 55.7 Å². The summed E-state index contributed by atoms with van der Waals surface area (Å²) in [4.78, 5) is 54.7. The molecule has 4 unspecified atom stereocenters. The van der Waals surface area contributed by atoms with Crippen molar-refractivity contribution in [1.29, 1.82) is 5.26 Å². The highest BCUT2D eigenvalue weighted by Gasteiger charge is 2.33. The molecule has 3 heterocycles. The fourth-order valence-corrected chi connectivity index (χ4v) is 7.49. The smallest absolute Gasteiger partial charge is 0.261 e. The number of hydrogen-bond donors (Lipinski definition) is 3. The number of alkyl halides is 1. The van der Waals surface area contributed by atoms with Crippen molar-refractivity contribution in [2.45, 2.75) is 105 Å². The Kier molecular flexibility index (Phi) is 27.3. The summed E-state index contributed by atoms with van der Waals surface area (Å²) in [7, 11) is 1.13. The number of likely N-dealkylation sites (tertiary alicyclic amines) is 2. The molecule has 3 aromatic rings. The van der Waals surface area contributed by atoms with Gasteiger partial charge in [-0.1, -0.05) is 91.3 Å². The minimum atomic E-state index is -2.64. The van der Waals surface area contributed by atoms with Crippen LogP contribution in [-0.4, -0.2) is 78.0 Å². The normalized spacial score (nSPS) is 18.4. The van der Waals surface area contributed by atoms with E-state index >= 15 is 0 Å². The molecule has 2 amide bonds. The van der Waals surface area contributed by atoms with Crippen molar-refractivity contribution in [2.75, 3.05) is 33.7 Å². The van der Waals surface area contributed by atoms with E-state index in [9.17, 15) is 18.8 Å². The Morgan fingerprint density at radius 1 is 1.08 bits per heavy atom. The molecule has 0 spiro atoms. The number of nitrogens with zero attached hydrogens (tertiary/aromatic N) is 3. The molecule has 1 aromatic heterocycles. The third-order valence-electron chi connectivity index (χ3n) is 8.72. The van der Waals surface area contributed by atoms with Crippen molar-refractivity contribution in [3.05, 3.63) is 70.6 Å². The first-order valence-electron chi connectivity index (χ1n) is 19.0. The molecule has 0 aliphatic carbocycles. The van der Waals surface area contributed by atoms with Crippen molar-refractivity contribution in [3.8, 4) is 6.07 Å². The second-order valence-corrected chi connectivity index (χ2v) is 14.3. The molecule has 2 aliphatic rings. The molecule has 9 nitrogen and oxygen atoms in total. The maximum absolute atomic E-state index is 13.5. The van der Waals surface area contributed by atoms with Crippen molar-refractivity contribution in [3.63, 3.8) is 0 Å². The van der Waals surface area contributed by atoms with Crippen molar-refractivity contribution in [1.82, 2.24) is 15.1 Å². The summed E-state index contributed by atoms with van der Waals surface area (Å²) in [6.45, 7) is 16.8. The number of benzene rings is 2. The monoisotopic (exact) mass is 774 g/mol. The standard InChI is InChI=1S/C12H12N2O.C12H23NO.C11H11FNO3PS.3C2H6/c13-6-11-7-14(9-15)8-12(11)10-4-2-1-3-5-10;1-11(6-3-4-9-14)10-12-7-5-8-13(12)2;1-13-11(14)9-5-7-4-6(10(12)17(15)16)2-3-8(7)18-9;3*1-2/h1-5,9,11-12H,7-8H2;9,11-12H,3-8,10H2,1-2H3;2-5,10,15-16H,1H3,(H,13,14);3*1-2H3/t;11?,12-;;;;/m.1..../s1. The van der Waals surface area contributed by atoms with Gasteiger partial charge >= 0.3 is 0 Å². The zero-order chi connectivity index (χ0) is 40.3. The number of carbonyl (C=O) groups excluding carboxylic acids is 3. The molecule has 2 aliphatic heterocycles. The van der Waals surface area contributed by atoms with Crippen LogP contribution in [0.15, 0.2) is 54.6 Å². The summed E-state index contributed by atoms with van der Waals surface area (Å²) in [5.74, 6) is -1.10. The minimum absolute atomic E-state index is 0.0717. The molecule has 5 rings (SSSR count). The Balaban J connectivity index is 0.000000718. The van der Waals surface area contributed by atoms with Crippen LogP contribution < -0.4 is 5.32 Å². The molecule has 296 valence electrons. The first kappa shape index (κ1) is 49.7.